The lowest BCUT2D eigenvalue weighted by atomic mass is 10.2. The molecule has 126 valence electrons. The second-order valence-electron chi connectivity index (χ2n) is 4.93. The van der Waals surface area contributed by atoms with Crippen molar-refractivity contribution in [3.63, 3.8) is 0 Å². The molecule has 3 N–H and O–H groups in total. The van der Waals surface area contributed by atoms with Crippen LogP contribution in [0.5, 0.6) is 0 Å². The van der Waals surface area contributed by atoms with Crippen LogP contribution in [0.3, 0.4) is 0 Å². The Morgan fingerprint density at radius 2 is 1.82 bits per heavy atom. The molecule has 1 rings (SSSR count). The maximum atomic E-state index is 9.87. The summed E-state index contributed by atoms with van der Waals surface area (Å²) in [7, 11) is 0. The summed E-state index contributed by atoms with van der Waals surface area (Å²) in [5, 5.41) is 14.4. The number of aliphatic carboxylic acids is 1. The van der Waals surface area contributed by atoms with Crippen LogP contribution in [0.15, 0.2) is 0 Å². The number of halogens is 1. The van der Waals surface area contributed by atoms with E-state index in [0.717, 1.165) is 25.8 Å². The molecule has 0 saturated heterocycles. The topological polar surface area (TPSA) is 100 Å². The highest BCUT2D eigenvalue weighted by atomic mass is 35.5. The van der Waals surface area contributed by atoms with E-state index in [-0.39, 0.29) is 11.3 Å². The number of rotatable bonds is 8. The fraction of sp³-hybridized carbons (Fsp3) is 0.714. The van der Waals surface area contributed by atoms with Gasteiger partial charge in [-0.15, -0.1) is 0 Å². The summed E-state index contributed by atoms with van der Waals surface area (Å²) in [5.41, 5.74) is 0. The molecule has 0 aromatic carbocycles. The fourth-order valence-corrected chi connectivity index (χ4v) is 1.60. The zero-order valence-electron chi connectivity index (χ0n) is 13.7. The molecule has 22 heavy (non-hydrogen) atoms. The molecule has 8 heteroatoms. The highest BCUT2D eigenvalue weighted by Gasteiger charge is 2.04. The molecule has 0 unspecified atom stereocenters. The standard InChI is InChI=1S/C8H14ClN5.C6H12O2/c1-4-10-7-12-6(9)13-8(14-7)11-5(2)3;1-2-3-4-5-6(7)8/h5H,4H2,1-3H3,(H2,10,11,12,13,14);2-5H2,1H3,(H,7,8). The molecular formula is C14H26ClN5O2. The first-order chi connectivity index (χ1) is 10.4. The summed E-state index contributed by atoms with van der Waals surface area (Å²) in [5.74, 6) is 0.310. The summed E-state index contributed by atoms with van der Waals surface area (Å²) in [6.45, 7) is 8.78. The smallest absolute Gasteiger partial charge is 0.303 e. The Hall–Kier alpha value is -1.63. The van der Waals surface area contributed by atoms with Gasteiger partial charge in [-0.05, 0) is 38.8 Å². The Morgan fingerprint density at radius 1 is 1.18 bits per heavy atom. The maximum Gasteiger partial charge on any atom is 0.303 e. The van der Waals surface area contributed by atoms with Gasteiger partial charge in [0.2, 0.25) is 17.2 Å². The number of nitrogens with zero attached hydrogens (tertiary/aromatic N) is 3. The van der Waals surface area contributed by atoms with Gasteiger partial charge in [0.05, 0.1) is 0 Å². The quantitative estimate of drug-likeness (QED) is 0.627. The van der Waals surface area contributed by atoms with Crippen molar-refractivity contribution in [2.75, 3.05) is 17.2 Å². The Kier molecular flexibility index (Phi) is 11.1. The van der Waals surface area contributed by atoms with Crippen molar-refractivity contribution in [3.8, 4) is 0 Å². The molecule has 1 aromatic heterocycles. The highest BCUT2D eigenvalue weighted by Crippen LogP contribution is 2.09. The number of carbonyl (C=O) groups is 1. The number of carboxylic acids is 1. The lowest BCUT2D eigenvalue weighted by Crippen LogP contribution is -2.14. The van der Waals surface area contributed by atoms with E-state index in [1.54, 1.807) is 0 Å². The molecule has 0 radical (unpaired) electrons. The molecule has 1 aromatic rings. The van der Waals surface area contributed by atoms with Crippen molar-refractivity contribution in [2.24, 2.45) is 0 Å². The first-order valence-electron chi connectivity index (χ1n) is 7.52. The molecule has 1 heterocycles. The molecule has 0 aliphatic rings. The van der Waals surface area contributed by atoms with Crippen molar-refractivity contribution < 1.29 is 9.90 Å². The van der Waals surface area contributed by atoms with Gasteiger partial charge in [-0.3, -0.25) is 4.79 Å². The van der Waals surface area contributed by atoms with E-state index in [4.69, 9.17) is 16.7 Å². The maximum absolute atomic E-state index is 9.87. The van der Waals surface area contributed by atoms with Gasteiger partial charge in [-0.1, -0.05) is 19.8 Å². The third-order valence-electron chi connectivity index (χ3n) is 2.35. The van der Waals surface area contributed by atoms with Gasteiger partial charge in [0.25, 0.3) is 0 Å². The van der Waals surface area contributed by atoms with E-state index in [1.807, 2.05) is 20.8 Å². The van der Waals surface area contributed by atoms with E-state index in [0.29, 0.717) is 18.3 Å². The molecular weight excluding hydrogens is 306 g/mol. The van der Waals surface area contributed by atoms with Gasteiger partial charge in [-0.25, -0.2) is 0 Å². The molecule has 0 spiro atoms. The van der Waals surface area contributed by atoms with Gasteiger partial charge < -0.3 is 15.7 Å². The Morgan fingerprint density at radius 3 is 2.32 bits per heavy atom. The van der Waals surface area contributed by atoms with Crippen LogP contribution >= 0.6 is 11.6 Å². The van der Waals surface area contributed by atoms with E-state index in [9.17, 15) is 4.79 Å². The number of carboxylic acid groups (broad SMARTS) is 1. The minimum atomic E-state index is -0.682. The normalized spacial score (nSPS) is 9.91. The lowest BCUT2D eigenvalue weighted by molar-refractivity contribution is -0.137. The average molecular weight is 332 g/mol. The zero-order chi connectivity index (χ0) is 17.0. The molecule has 0 aliphatic carbocycles. The predicted molar refractivity (Wildman–Crippen MR) is 89.5 cm³/mol. The van der Waals surface area contributed by atoms with Crippen LogP contribution in [0.2, 0.25) is 5.28 Å². The SMILES string of the molecule is CCCCCC(=O)O.CCNc1nc(Cl)nc(NC(C)C)n1. The number of hydrogen-bond acceptors (Lipinski definition) is 6. The summed E-state index contributed by atoms with van der Waals surface area (Å²) in [6, 6.07) is 0.267. The molecule has 0 aliphatic heterocycles. The second-order valence-corrected chi connectivity index (χ2v) is 5.27. The van der Waals surface area contributed by atoms with Crippen LogP contribution < -0.4 is 10.6 Å². The lowest BCUT2D eigenvalue weighted by Gasteiger charge is -2.09. The van der Waals surface area contributed by atoms with Crippen LogP contribution in [-0.4, -0.2) is 38.6 Å². The third kappa shape index (κ3) is 11.1. The first kappa shape index (κ1) is 20.4. The second kappa shape index (κ2) is 12.0. The van der Waals surface area contributed by atoms with Crippen molar-refractivity contribution in [1.29, 1.82) is 0 Å². The van der Waals surface area contributed by atoms with Gasteiger partial charge >= 0.3 is 5.97 Å². The van der Waals surface area contributed by atoms with E-state index in [1.165, 1.54) is 0 Å². The average Bonchev–Trinajstić information content (AvgIpc) is 2.38. The summed E-state index contributed by atoms with van der Waals surface area (Å²) in [6.07, 6.45) is 3.28. The molecule has 0 bridgehead atoms. The predicted octanol–water partition coefficient (Wildman–Crippen LogP) is 3.43. The van der Waals surface area contributed by atoms with E-state index >= 15 is 0 Å². The largest absolute Gasteiger partial charge is 0.481 e. The zero-order valence-corrected chi connectivity index (χ0v) is 14.4. The summed E-state index contributed by atoms with van der Waals surface area (Å²) in [4.78, 5) is 21.9. The first-order valence-corrected chi connectivity index (χ1v) is 7.90. The van der Waals surface area contributed by atoms with Gasteiger partial charge in [0, 0.05) is 19.0 Å². The van der Waals surface area contributed by atoms with Crippen LogP contribution in [-0.2, 0) is 4.79 Å². The van der Waals surface area contributed by atoms with Crippen LogP contribution in [0, 0.1) is 0 Å². The Balaban J connectivity index is 0.000000472. The third-order valence-corrected chi connectivity index (χ3v) is 2.52. The minimum Gasteiger partial charge on any atom is -0.481 e. The fourth-order valence-electron chi connectivity index (χ4n) is 1.44. The number of anilines is 2. The van der Waals surface area contributed by atoms with Crippen LogP contribution in [0.4, 0.5) is 11.9 Å². The van der Waals surface area contributed by atoms with Gasteiger partial charge in [-0.2, -0.15) is 15.0 Å². The molecule has 7 nitrogen and oxygen atoms in total. The van der Waals surface area contributed by atoms with Crippen molar-refractivity contribution in [2.45, 2.75) is 59.4 Å². The minimum absolute atomic E-state index is 0.194. The monoisotopic (exact) mass is 331 g/mol. The molecule has 0 fully saturated rings. The number of nitrogens with one attached hydrogen (secondary N) is 2. The summed E-state index contributed by atoms with van der Waals surface area (Å²) < 4.78 is 0. The van der Waals surface area contributed by atoms with Gasteiger partial charge in [0.15, 0.2) is 0 Å². The highest BCUT2D eigenvalue weighted by molar-refractivity contribution is 6.28. The van der Waals surface area contributed by atoms with Crippen molar-refractivity contribution >= 4 is 29.5 Å². The Labute approximate surface area is 136 Å². The van der Waals surface area contributed by atoms with Crippen LogP contribution in [0.1, 0.15) is 53.4 Å². The number of unbranched alkanes of at least 4 members (excludes halogenated alkanes) is 2. The summed E-state index contributed by atoms with van der Waals surface area (Å²) >= 11 is 5.73. The van der Waals surface area contributed by atoms with Gasteiger partial charge in [0.1, 0.15) is 0 Å². The van der Waals surface area contributed by atoms with E-state index in [2.05, 4.69) is 32.5 Å². The number of hydrogen-bond donors (Lipinski definition) is 3. The van der Waals surface area contributed by atoms with E-state index < -0.39 is 5.97 Å². The molecule has 0 amide bonds. The molecule has 0 saturated carbocycles. The number of aromatic nitrogens is 3. The Bertz CT molecular complexity index is 443. The molecule has 0 atom stereocenters. The van der Waals surface area contributed by atoms with Crippen LogP contribution in [0.25, 0.3) is 0 Å². The van der Waals surface area contributed by atoms with Crippen molar-refractivity contribution in [3.05, 3.63) is 5.28 Å². The van der Waals surface area contributed by atoms with Crippen molar-refractivity contribution in [1.82, 2.24) is 15.0 Å².